The van der Waals surface area contributed by atoms with Crippen LogP contribution in [-0.2, 0) is 50.1 Å². The number of amides is 2. The summed E-state index contributed by atoms with van der Waals surface area (Å²) in [5, 5.41) is 6.42. The SMILES string of the molecule is CCN(CC)c1ccc(NC(=O)c2cccc(CSCCOCCOCCOCCOCCOCCOCCOCCOC)c2)c(-c2cc(C(=O)N[C@H]3CCCc4ccccc43)ccn2)c1. The van der Waals surface area contributed by atoms with E-state index >= 15 is 0 Å². The predicted octanol–water partition coefficient (Wildman–Crippen LogP) is 7.65. The molecule has 360 valence electrons. The van der Waals surface area contributed by atoms with Crippen LogP contribution >= 0.6 is 11.8 Å². The standard InChI is InChI=1S/C51H70N4O10S/c1-4-55(5-2)44-16-17-48(46(38-44)49-37-43(18-19-52-49)51(57)53-47-15-9-12-41-11-6-7-14-45(41)47)54-50(56)42-13-8-10-40(36-42)39-66-35-34-65-33-32-64-31-30-63-29-28-62-27-26-61-25-24-60-23-22-59-21-20-58-3/h6-8,10-11,13-14,16-19,36-38,47H,4-5,9,12,15,20-35,39H2,1-3H3,(H,53,57)(H,54,56)/t47-/m0/s1. The number of pyridine rings is 1. The van der Waals surface area contributed by atoms with Crippen LogP contribution in [0.3, 0.4) is 0 Å². The Labute approximate surface area is 395 Å². The number of anilines is 2. The van der Waals surface area contributed by atoms with Gasteiger partial charge in [-0.25, -0.2) is 0 Å². The molecule has 0 fully saturated rings. The number of benzene rings is 3. The summed E-state index contributed by atoms with van der Waals surface area (Å²) in [6.45, 7) is 13.7. The van der Waals surface area contributed by atoms with Crippen molar-refractivity contribution in [1.82, 2.24) is 10.3 Å². The third kappa shape index (κ3) is 18.7. The van der Waals surface area contributed by atoms with Crippen molar-refractivity contribution in [2.24, 2.45) is 0 Å². The van der Waals surface area contributed by atoms with E-state index in [-0.39, 0.29) is 17.9 Å². The average Bonchev–Trinajstić information content (AvgIpc) is 3.35. The zero-order valence-electron chi connectivity index (χ0n) is 39.1. The lowest BCUT2D eigenvalue weighted by molar-refractivity contribution is -0.0217. The normalized spacial score (nSPS) is 13.3. The molecular weight excluding hydrogens is 861 g/mol. The van der Waals surface area contributed by atoms with E-state index in [1.54, 1.807) is 31.1 Å². The number of thioether (sulfide) groups is 1. The number of nitrogens with zero attached hydrogens (tertiary/aromatic N) is 2. The number of aromatic nitrogens is 1. The van der Waals surface area contributed by atoms with Gasteiger partial charge >= 0.3 is 0 Å². The third-order valence-corrected chi connectivity index (χ3v) is 11.8. The van der Waals surface area contributed by atoms with E-state index in [1.165, 1.54) is 11.1 Å². The number of carbonyl (C=O) groups excluding carboxylic acids is 2. The molecule has 2 amide bonds. The van der Waals surface area contributed by atoms with Crippen molar-refractivity contribution in [3.8, 4) is 11.3 Å². The second-order valence-electron chi connectivity index (χ2n) is 15.4. The number of nitrogens with one attached hydrogen (secondary N) is 2. The van der Waals surface area contributed by atoms with Crippen molar-refractivity contribution in [3.63, 3.8) is 0 Å². The van der Waals surface area contributed by atoms with Crippen LogP contribution in [0.15, 0.2) is 85.1 Å². The molecule has 4 aromatic rings. The molecule has 1 heterocycles. The molecule has 15 heteroatoms. The van der Waals surface area contributed by atoms with Crippen LogP contribution < -0.4 is 15.5 Å². The first-order chi connectivity index (χ1) is 32.5. The van der Waals surface area contributed by atoms with Gasteiger partial charge in [0.25, 0.3) is 11.8 Å². The molecule has 0 unspecified atom stereocenters. The Morgan fingerprint density at radius 3 is 1.91 bits per heavy atom. The van der Waals surface area contributed by atoms with Gasteiger partial charge in [-0.1, -0.05) is 36.4 Å². The summed E-state index contributed by atoms with van der Waals surface area (Å²) in [7, 11) is 1.65. The van der Waals surface area contributed by atoms with Gasteiger partial charge in [0.2, 0.25) is 0 Å². The summed E-state index contributed by atoms with van der Waals surface area (Å²) in [6, 6.07) is 25.5. The minimum atomic E-state index is -0.221. The molecule has 66 heavy (non-hydrogen) atoms. The molecule has 2 N–H and O–H groups in total. The highest BCUT2D eigenvalue weighted by Gasteiger charge is 2.23. The Morgan fingerprint density at radius 2 is 1.27 bits per heavy atom. The number of ether oxygens (including phenoxy) is 8. The number of aryl methyl sites for hydroxylation is 1. The van der Waals surface area contributed by atoms with Crippen molar-refractivity contribution < 1.29 is 47.5 Å². The maximum atomic E-state index is 13.8. The lowest BCUT2D eigenvalue weighted by Gasteiger charge is -2.26. The fourth-order valence-electron chi connectivity index (χ4n) is 7.37. The van der Waals surface area contributed by atoms with E-state index in [9.17, 15) is 9.59 Å². The quantitative estimate of drug-likeness (QED) is 0.0443. The van der Waals surface area contributed by atoms with Gasteiger partial charge in [0.1, 0.15) is 0 Å². The Kier molecular flexibility index (Phi) is 25.1. The number of rotatable bonds is 34. The highest BCUT2D eigenvalue weighted by molar-refractivity contribution is 7.98. The second-order valence-corrected chi connectivity index (χ2v) is 16.5. The lowest BCUT2D eigenvalue weighted by atomic mass is 9.87. The van der Waals surface area contributed by atoms with Crippen molar-refractivity contribution in [2.75, 3.05) is 135 Å². The van der Waals surface area contributed by atoms with Gasteiger partial charge in [0.15, 0.2) is 0 Å². The van der Waals surface area contributed by atoms with Crippen LogP contribution in [0.4, 0.5) is 11.4 Å². The number of hydrogen-bond donors (Lipinski definition) is 2. The molecule has 0 saturated carbocycles. The predicted molar refractivity (Wildman–Crippen MR) is 261 cm³/mol. The van der Waals surface area contributed by atoms with Gasteiger partial charge in [-0.15, -0.1) is 0 Å². The smallest absolute Gasteiger partial charge is 0.255 e. The lowest BCUT2D eigenvalue weighted by Crippen LogP contribution is -2.31. The first-order valence-corrected chi connectivity index (χ1v) is 24.4. The number of hydrogen-bond acceptors (Lipinski definition) is 13. The summed E-state index contributed by atoms with van der Waals surface area (Å²) in [6.07, 6.45) is 4.61. The number of fused-ring (bicyclic) bond motifs is 1. The van der Waals surface area contributed by atoms with Crippen LogP contribution in [0.2, 0.25) is 0 Å². The van der Waals surface area contributed by atoms with E-state index < -0.39 is 0 Å². The molecule has 0 bridgehead atoms. The summed E-state index contributed by atoms with van der Waals surface area (Å²) in [5.74, 6) is 1.18. The molecule has 1 aliphatic carbocycles. The highest BCUT2D eigenvalue weighted by Crippen LogP contribution is 2.33. The van der Waals surface area contributed by atoms with Crippen LogP contribution in [0.5, 0.6) is 0 Å². The monoisotopic (exact) mass is 930 g/mol. The molecule has 5 rings (SSSR count). The van der Waals surface area contributed by atoms with Gasteiger partial charge in [-0.2, -0.15) is 11.8 Å². The molecule has 1 atom stereocenters. The summed E-state index contributed by atoms with van der Waals surface area (Å²) >= 11 is 1.75. The molecule has 1 aromatic heterocycles. The molecule has 3 aromatic carbocycles. The maximum Gasteiger partial charge on any atom is 0.255 e. The van der Waals surface area contributed by atoms with Gasteiger partial charge in [-0.05, 0) is 92.3 Å². The van der Waals surface area contributed by atoms with E-state index in [2.05, 4.69) is 47.6 Å². The Hall–Kier alpha value is -4.42. The summed E-state index contributed by atoms with van der Waals surface area (Å²) in [5.41, 5.74) is 7.57. The minimum absolute atomic E-state index is 0.0404. The van der Waals surface area contributed by atoms with Crippen LogP contribution in [0.25, 0.3) is 11.3 Å². The first-order valence-electron chi connectivity index (χ1n) is 23.3. The van der Waals surface area contributed by atoms with Crippen LogP contribution in [0.1, 0.15) is 70.1 Å². The first kappa shape index (κ1) is 52.5. The van der Waals surface area contributed by atoms with Crippen molar-refractivity contribution >= 4 is 35.0 Å². The van der Waals surface area contributed by atoms with Gasteiger partial charge in [0, 0.05) is 60.3 Å². The molecule has 14 nitrogen and oxygen atoms in total. The average molecular weight is 931 g/mol. The van der Waals surface area contributed by atoms with Crippen molar-refractivity contribution in [3.05, 3.63) is 113 Å². The Morgan fingerprint density at radius 1 is 0.667 bits per heavy atom. The zero-order chi connectivity index (χ0) is 46.4. The molecule has 0 saturated heterocycles. The van der Waals surface area contributed by atoms with Crippen molar-refractivity contribution in [1.29, 1.82) is 0 Å². The van der Waals surface area contributed by atoms with Gasteiger partial charge < -0.3 is 53.4 Å². The van der Waals surface area contributed by atoms with E-state index in [0.717, 1.165) is 60.7 Å². The summed E-state index contributed by atoms with van der Waals surface area (Å²) in [4.78, 5) is 34.4. The number of carbonyl (C=O) groups is 2. The van der Waals surface area contributed by atoms with E-state index in [1.807, 2.05) is 54.6 Å². The van der Waals surface area contributed by atoms with Crippen LogP contribution in [0, 0.1) is 0 Å². The number of methoxy groups -OCH3 is 1. The van der Waals surface area contributed by atoms with E-state index in [4.69, 9.17) is 42.9 Å². The fraction of sp³-hybridized carbons (Fsp3) is 0.510. The summed E-state index contributed by atoms with van der Waals surface area (Å²) < 4.78 is 43.6. The zero-order valence-corrected chi connectivity index (χ0v) is 39.9. The topological polar surface area (TPSA) is 148 Å². The maximum absolute atomic E-state index is 13.8. The minimum Gasteiger partial charge on any atom is -0.382 e. The van der Waals surface area contributed by atoms with Gasteiger partial charge in [-0.3, -0.25) is 14.6 Å². The van der Waals surface area contributed by atoms with Gasteiger partial charge in [0.05, 0.1) is 117 Å². The third-order valence-electron chi connectivity index (χ3n) is 10.8. The van der Waals surface area contributed by atoms with Crippen molar-refractivity contribution in [2.45, 2.75) is 44.9 Å². The molecular formula is C51H70N4O10S. The Balaban J connectivity index is 0.975. The molecule has 0 radical (unpaired) electrons. The molecule has 0 aliphatic heterocycles. The van der Waals surface area contributed by atoms with E-state index in [0.29, 0.717) is 122 Å². The molecule has 1 aliphatic rings. The van der Waals surface area contributed by atoms with Crippen LogP contribution in [-0.4, -0.2) is 142 Å². The Bertz CT molecular complexity index is 2000. The second kappa shape index (κ2) is 31.5. The largest absolute Gasteiger partial charge is 0.382 e. The highest BCUT2D eigenvalue weighted by atomic mass is 32.2. The molecule has 0 spiro atoms. The fourth-order valence-corrected chi connectivity index (χ4v) is 8.17.